The third kappa shape index (κ3) is 4.21. The number of carbonyl (C=O) groups is 1. The Morgan fingerprint density at radius 2 is 2.13 bits per heavy atom. The number of ether oxygens (including phenoxy) is 1. The van der Waals surface area contributed by atoms with Crippen molar-refractivity contribution < 1.29 is 27.1 Å². The second-order valence-electron chi connectivity index (χ2n) is 4.61. The Kier molecular flexibility index (Phi) is 4.87. The van der Waals surface area contributed by atoms with Crippen molar-refractivity contribution in [3.8, 4) is 0 Å². The van der Waals surface area contributed by atoms with E-state index < -0.39 is 23.5 Å². The monoisotopic (exact) mass is 331 g/mol. The molecule has 23 heavy (non-hydrogen) atoms. The summed E-state index contributed by atoms with van der Waals surface area (Å²) in [5, 5.41) is 2.69. The second kappa shape index (κ2) is 6.67. The van der Waals surface area contributed by atoms with E-state index >= 15 is 0 Å². The predicted molar refractivity (Wildman–Crippen MR) is 73.5 cm³/mol. The van der Waals surface area contributed by atoms with Crippen molar-refractivity contribution in [2.45, 2.75) is 12.7 Å². The highest BCUT2D eigenvalue weighted by molar-refractivity contribution is 5.86. The lowest BCUT2D eigenvalue weighted by Gasteiger charge is -2.11. The van der Waals surface area contributed by atoms with Gasteiger partial charge in [-0.3, -0.25) is 0 Å². The van der Waals surface area contributed by atoms with Crippen LogP contribution in [0.4, 0.5) is 23.2 Å². The summed E-state index contributed by atoms with van der Waals surface area (Å²) in [5.41, 5.74) is -0.947. The number of anilines is 1. The third-order valence-electron chi connectivity index (χ3n) is 3.01. The summed E-state index contributed by atoms with van der Waals surface area (Å²) in [4.78, 5) is 15.1. The van der Waals surface area contributed by atoms with E-state index in [2.05, 4.69) is 15.0 Å². The Morgan fingerprint density at radius 3 is 2.74 bits per heavy atom. The molecule has 0 saturated carbocycles. The quantitative estimate of drug-likeness (QED) is 0.676. The largest absolute Gasteiger partial charge is 0.464 e. The minimum atomic E-state index is -4.58. The molecule has 0 bridgehead atoms. The lowest BCUT2D eigenvalue weighted by molar-refractivity contribution is -0.137. The van der Waals surface area contributed by atoms with Crippen molar-refractivity contribution in [3.05, 3.63) is 47.8 Å². The Hall–Kier alpha value is -2.58. The van der Waals surface area contributed by atoms with Gasteiger partial charge in [-0.15, -0.1) is 0 Å². The van der Waals surface area contributed by atoms with E-state index in [0.717, 1.165) is 12.1 Å². The zero-order chi connectivity index (χ0) is 17.0. The number of nitrogens with one attached hydrogen (secondary N) is 1. The first kappa shape index (κ1) is 16.8. The molecule has 0 radical (unpaired) electrons. The van der Waals surface area contributed by atoms with E-state index in [1.165, 1.54) is 19.6 Å². The number of aromatic nitrogens is 2. The smallest absolute Gasteiger partial charge is 0.416 e. The van der Waals surface area contributed by atoms with E-state index in [4.69, 9.17) is 0 Å². The summed E-state index contributed by atoms with van der Waals surface area (Å²) in [5.74, 6) is -1.56. The second-order valence-corrected chi connectivity index (χ2v) is 4.61. The van der Waals surface area contributed by atoms with E-state index in [1.54, 1.807) is 4.57 Å². The molecule has 2 aromatic rings. The van der Waals surface area contributed by atoms with Crippen LogP contribution in [0.25, 0.3) is 0 Å². The highest BCUT2D eigenvalue weighted by Crippen LogP contribution is 2.31. The number of esters is 1. The van der Waals surface area contributed by atoms with Gasteiger partial charge in [-0.25, -0.2) is 14.2 Å². The molecule has 9 heteroatoms. The topological polar surface area (TPSA) is 56.1 Å². The fourth-order valence-electron chi connectivity index (χ4n) is 1.85. The van der Waals surface area contributed by atoms with E-state index in [0.29, 0.717) is 12.6 Å². The lowest BCUT2D eigenvalue weighted by Crippen LogP contribution is -2.11. The number of nitrogens with zero attached hydrogens (tertiary/aromatic N) is 2. The number of hydrogen-bond acceptors (Lipinski definition) is 4. The minimum Gasteiger partial charge on any atom is -0.464 e. The summed E-state index contributed by atoms with van der Waals surface area (Å²) in [6.45, 7) is 0.573. The van der Waals surface area contributed by atoms with Crippen molar-refractivity contribution in [1.82, 2.24) is 9.55 Å². The number of hydrogen-bond donors (Lipinski definition) is 1. The Bertz CT molecular complexity index is 698. The molecule has 0 aliphatic rings. The predicted octanol–water partition coefficient (Wildman–Crippen LogP) is 2.94. The standard InChI is InChI=1S/C14H13F4N3O2/c1-23-13(22)12-7-21(8-20-12)5-4-19-11-3-2-9(6-10(11)15)14(16,17)18/h2-3,6-8,19H,4-5H2,1H3. The van der Waals surface area contributed by atoms with Crippen molar-refractivity contribution in [2.75, 3.05) is 19.0 Å². The normalized spacial score (nSPS) is 11.3. The highest BCUT2D eigenvalue weighted by atomic mass is 19.4. The van der Waals surface area contributed by atoms with Gasteiger partial charge in [0.05, 0.1) is 24.7 Å². The third-order valence-corrected chi connectivity index (χ3v) is 3.01. The summed E-state index contributed by atoms with van der Waals surface area (Å²) in [6.07, 6.45) is -1.73. The number of imidazole rings is 1. The maximum absolute atomic E-state index is 13.6. The van der Waals surface area contributed by atoms with Crippen molar-refractivity contribution in [1.29, 1.82) is 0 Å². The first-order valence-electron chi connectivity index (χ1n) is 6.52. The molecule has 1 N–H and O–H groups in total. The van der Waals surface area contributed by atoms with Gasteiger partial charge >= 0.3 is 12.1 Å². The molecular weight excluding hydrogens is 318 g/mol. The van der Waals surface area contributed by atoms with Crippen LogP contribution in [0.15, 0.2) is 30.7 Å². The molecule has 5 nitrogen and oxygen atoms in total. The summed E-state index contributed by atoms with van der Waals surface area (Å²) >= 11 is 0. The summed E-state index contributed by atoms with van der Waals surface area (Å²) in [6, 6.07) is 2.28. The molecule has 0 fully saturated rings. The SMILES string of the molecule is COC(=O)c1cn(CCNc2ccc(C(F)(F)F)cc2F)cn1. The molecule has 1 aromatic heterocycles. The molecule has 2 rings (SSSR count). The van der Waals surface area contributed by atoms with Gasteiger partial charge in [-0.05, 0) is 18.2 Å². The number of methoxy groups -OCH3 is 1. The maximum atomic E-state index is 13.6. The van der Waals surface area contributed by atoms with Crippen LogP contribution in [0, 0.1) is 5.82 Å². The Balaban J connectivity index is 1.94. The first-order valence-corrected chi connectivity index (χ1v) is 6.52. The van der Waals surface area contributed by atoms with Crippen LogP contribution in [0.1, 0.15) is 16.1 Å². The molecular formula is C14H13F4N3O2. The van der Waals surface area contributed by atoms with Crippen LogP contribution in [0.2, 0.25) is 0 Å². The van der Waals surface area contributed by atoms with Crippen molar-refractivity contribution in [3.63, 3.8) is 0 Å². The summed E-state index contributed by atoms with van der Waals surface area (Å²) < 4.78 is 57.0. The minimum absolute atomic E-state index is 0.0358. The van der Waals surface area contributed by atoms with Crippen LogP contribution < -0.4 is 5.32 Å². The number of carbonyl (C=O) groups excluding carboxylic acids is 1. The molecule has 0 spiro atoms. The molecule has 0 saturated heterocycles. The average Bonchev–Trinajstić information content (AvgIpc) is 2.96. The van der Waals surface area contributed by atoms with Gasteiger partial charge in [-0.2, -0.15) is 13.2 Å². The number of rotatable bonds is 5. The Labute approximate surface area is 128 Å². The Morgan fingerprint density at radius 1 is 1.39 bits per heavy atom. The van der Waals surface area contributed by atoms with Crippen LogP contribution in [0.3, 0.4) is 0 Å². The van der Waals surface area contributed by atoms with Gasteiger partial charge in [0.1, 0.15) is 5.82 Å². The molecule has 1 aromatic carbocycles. The lowest BCUT2D eigenvalue weighted by atomic mass is 10.2. The van der Waals surface area contributed by atoms with E-state index in [1.807, 2.05) is 0 Å². The zero-order valence-corrected chi connectivity index (χ0v) is 12.0. The van der Waals surface area contributed by atoms with Crippen LogP contribution >= 0.6 is 0 Å². The molecule has 0 aliphatic carbocycles. The van der Waals surface area contributed by atoms with Crippen LogP contribution in [-0.4, -0.2) is 29.2 Å². The fraction of sp³-hybridized carbons (Fsp3) is 0.286. The fourth-order valence-corrected chi connectivity index (χ4v) is 1.85. The molecule has 1 heterocycles. The van der Waals surface area contributed by atoms with Gasteiger partial charge in [-0.1, -0.05) is 0 Å². The van der Waals surface area contributed by atoms with Gasteiger partial charge < -0.3 is 14.6 Å². The van der Waals surface area contributed by atoms with Crippen molar-refractivity contribution in [2.24, 2.45) is 0 Å². The average molecular weight is 331 g/mol. The summed E-state index contributed by atoms with van der Waals surface area (Å²) in [7, 11) is 1.23. The maximum Gasteiger partial charge on any atom is 0.416 e. The molecule has 0 amide bonds. The first-order chi connectivity index (χ1) is 10.8. The van der Waals surface area contributed by atoms with Gasteiger partial charge in [0, 0.05) is 19.3 Å². The number of benzene rings is 1. The van der Waals surface area contributed by atoms with Gasteiger partial charge in [0.2, 0.25) is 0 Å². The van der Waals surface area contributed by atoms with Crippen LogP contribution in [-0.2, 0) is 17.5 Å². The van der Waals surface area contributed by atoms with Gasteiger partial charge in [0.15, 0.2) is 5.69 Å². The molecule has 124 valence electrons. The number of alkyl halides is 3. The number of halogens is 4. The van der Waals surface area contributed by atoms with E-state index in [9.17, 15) is 22.4 Å². The molecule has 0 aliphatic heterocycles. The highest BCUT2D eigenvalue weighted by Gasteiger charge is 2.31. The zero-order valence-electron chi connectivity index (χ0n) is 12.0. The molecule has 0 unspecified atom stereocenters. The van der Waals surface area contributed by atoms with Crippen LogP contribution in [0.5, 0.6) is 0 Å². The van der Waals surface area contributed by atoms with E-state index in [-0.39, 0.29) is 17.9 Å². The molecule has 0 atom stereocenters. The van der Waals surface area contributed by atoms with Gasteiger partial charge in [0.25, 0.3) is 0 Å². The van der Waals surface area contributed by atoms with Crippen molar-refractivity contribution >= 4 is 11.7 Å².